The average Bonchev–Trinajstić information content (AvgIpc) is 2.61. The molecule has 1 N–H and O–H groups in total. The van der Waals surface area contributed by atoms with Crippen molar-refractivity contribution in [3.63, 3.8) is 0 Å². The molecule has 0 amide bonds. The maximum atomic E-state index is 11.9. The summed E-state index contributed by atoms with van der Waals surface area (Å²) >= 11 is 0. The minimum Gasteiger partial charge on any atom is -0.466 e. The molecule has 27 heavy (non-hydrogen) atoms. The second kappa shape index (κ2) is 10.1. The van der Waals surface area contributed by atoms with E-state index in [9.17, 15) is 13.2 Å². The van der Waals surface area contributed by atoms with Crippen molar-refractivity contribution in [2.45, 2.75) is 32.4 Å². The smallest absolute Gasteiger partial charge is 0.307 e. The van der Waals surface area contributed by atoms with Gasteiger partial charge in [-0.3, -0.25) is 4.79 Å². The highest BCUT2D eigenvalue weighted by molar-refractivity contribution is 7.86. The first kappa shape index (κ1) is 20.9. The molecule has 0 heterocycles. The van der Waals surface area contributed by atoms with Gasteiger partial charge in [0.15, 0.2) is 0 Å². The van der Waals surface area contributed by atoms with Crippen molar-refractivity contribution in [1.29, 1.82) is 0 Å². The van der Waals surface area contributed by atoms with E-state index in [-0.39, 0.29) is 24.2 Å². The fourth-order valence-corrected chi connectivity index (χ4v) is 3.10. The molecule has 0 aliphatic rings. The molecule has 2 aromatic carbocycles. The highest BCUT2D eigenvalue weighted by atomic mass is 32.2. The molecule has 2 rings (SSSR count). The largest absolute Gasteiger partial charge is 0.466 e. The van der Waals surface area contributed by atoms with Gasteiger partial charge in [-0.25, -0.2) is 0 Å². The Morgan fingerprint density at radius 2 is 1.70 bits per heavy atom. The Balaban J connectivity index is 2.02. The van der Waals surface area contributed by atoms with Gasteiger partial charge in [0.1, 0.15) is 5.75 Å². The Bertz CT molecular complexity index is 819. The third-order valence-corrected chi connectivity index (χ3v) is 4.30. The first-order valence-corrected chi connectivity index (χ1v) is 10.6. The van der Waals surface area contributed by atoms with Crippen LogP contribution in [0, 0.1) is 0 Å². The molecule has 1 unspecified atom stereocenters. The van der Waals surface area contributed by atoms with Crippen molar-refractivity contribution in [2.24, 2.45) is 0 Å². The van der Waals surface area contributed by atoms with Crippen LogP contribution in [0.4, 0.5) is 0 Å². The summed E-state index contributed by atoms with van der Waals surface area (Å²) in [5, 5.41) is 3.40. The highest BCUT2D eigenvalue weighted by Gasteiger charge is 2.15. The second-order valence-corrected chi connectivity index (χ2v) is 7.78. The lowest BCUT2D eigenvalue weighted by Crippen LogP contribution is -2.33. The molecule has 0 aliphatic carbocycles. The Labute approximate surface area is 160 Å². The maximum Gasteiger partial charge on any atom is 0.307 e. The Hall–Kier alpha value is -2.38. The van der Waals surface area contributed by atoms with Crippen molar-refractivity contribution in [2.75, 3.05) is 12.9 Å². The van der Waals surface area contributed by atoms with Gasteiger partial charge in [0.25, 0.3) is 0 Å². The molecule has 7 heteroatoms. The third kappa shape index (κ3) is 8.23. The van der Waals surface area contributed by atoms with E-state index in [0.717, 1.165) is 17.4 Å². The van der Waals surface area contributed by atoms with Crippen molar-refractivity contribution in [3.05, 3.63) is 65.7 Å². The molecule has 0 bridgehead atoms. The van der Waals surface area contributed by atoms with E-state index in [0.29, 0.717) is 19.6 Å². The van der Waals surface area contributed by atoms with Gasteiger partial charge in [-0.2, -0.15) is 8.42 Å². The van der Waals surface area contributed by atoms with Crippen LogP contribution in [0.25, 0.3) is 0 Å². The first-order valence-electron chi connectivity index (χ1n) is 8.77. The van der Waals surface area contributed by atoms with Crippen LogP contribution in [0.1, 0.15) is 24.5 Å². The van der Waals surface area contributed by atoms with E-state index < -0.39 is 10.1 Å². The Kier molecular flexibility index (Phi) is 7.82. The van der Waals surface area contributed by atoms with Gasteiger partial charge in [-0.05, 0) is 36.6 Å². The zero-order valence-electron chi connectivity index (χ0n) is 15.6. The number of rotatable bonds is 10. The number of nitrogens with one attached hydrogen (secondary N) is 1. The van der Waals surface area contributed by atoms with Crippen LogP contribution in [-0.4, -0.2) is 33.3 Å². The topological polar surface area (TPSA) is 81.7 Å². The van der Waals surface area contributed by atoms with E-state index in [2.05, 4.69) is 5.32 Å². The summed E-state index contributed by atoms with van der Waals surface area (Å²) in [5.74, 6) is 0.0144. The molecule has 146 valence electrons. The first-order chi connectivity index (χ1) is 12.9. The number of carbonyl (C=O) groups excluding carboxylic acids is 1. The molecule has 0 saturated heterocycles. The summed E-state index contributed by atoms with van der Waals surface area (Å²) in [7, 11) is -3.55. The predicted molar refractivity (Wildman–Crippen MR) is 104 cm³/mol. The summed E-state index contributed by atoms with van der Waals surface area (Å²) < 4.78 is 32.3. The SMILES string of the molecule is CCOC(=O)CC(Cc1ccc(OS(C)(=O)=O)cc1)NCc1ccccc1. The standard InChI is InChI=1S/C20H25NO5S/c1-3-25-20(22)14-18(21-15-17-7-5-4-6-8-17)13-16-9-11-19(12-10-16)26-27(2,23)24/h4-12,18,21H,3,13-15H2,1-2H3. The molecule has 0 aliphatic heterocycles. The molecule has 0 saturated carbocycles. The van der Waals surface area contributed by atoms with Gasteiger partial charge in [0, 0.05) is 12.6 Å². The number of hydrogen-bond acceptors (Lipinski definition) is 6. The molecular weight excluding hydrogens is 366 g/mol. The molecule has 1 atom stereocenters. The minimum atomic E-state index is -3.55. The second-order valence-electron chi connectivity index (χ2n) is 6.21. The molecule has 0 spiro atoms. The number of esters is 1. The van der Waals surface area contributed by atoms with Crippen LogP contribution in [0.3, 0.4) is 0 Å². The fourth-order valence-electron chi connectivity index (χ4n) is 2.64. The van der Waals surface area contributed by atoms with E-state index in [1.54, 1.807) is 31.2 Å². The number of benzene rings is 2. The average molecular weight is 391 g/mol. The molecule has 0 radical (unpaired) electrons. The van der Waals surface area contributed by atoms with Crippen LogP contribution in [0.5, 0.6) is 5.75 Å². The zero-order chi connectivity index (χ0) is 19.7. The van der Waals surface area contributed by atoms with Gasteiger partial charge in [-0.1, -0.05) is 42.5 Å². The summed E-state index contributed by atoms with van der Waals surface area (Å²) in [6.45, 7) is 2.77. The molecule has 6 nitrogen and oxygen atoms in total. The summed E-state index contributed by atoms with van der Waals surface area (Å²) in [6, 6.07) is 16.6. The van der Waals surface area contributed by atoms with Gasteiger partial charge >= 0.3 is 16.1 Å². The lowest BCUT2D eigenvalue weighted by molar-refractivity contribution is -0.143. The van der Waals surface area contributed by atoms with Gasteiger partial charge in [0.2, 0.25) is 0 Å². The van der Waals surface area contributed by atoms with Crippen molar-refractivity contribution in [3.8, 4) is 5.75 Å². The van der Waals surface area contributed by atoms with E-state index in [1.165, 1.54) is 0 Å². The number of carbonyl (C=O) groups is 1. The van der Waals surface area contributed by atoms with E-state index in [1.807, 2.05) is 30.3 Å². The zero-order valence-corrected chi connectivity index (χ0v) is 16.4. The maximum absolute atomic E-state index is 11.9. The Morgan fingerprint density at radius 1 is 1.04 bits per heavy atom. The fraction of sp³-hybridized carbons (Fsp3) is 0.350. The normalized spacial score (nSPS) is 12.4. The highest BCUT2D eigenvalue weighted by Crippen LogP contribution is 2.16. The van der Waals surface area contributed by atoms with Gasteiger partial charge in [-0.15, -0.1) is 0 Å². The number of hydrogen-bond donors (Lipinski definition) is 1. The summed E-state index contributed by atoms with van der Waals surface area (Å²) in [5.41, 5.74) is 2.09. The molecular formula is C20H25NO5S. The number of ether oxygens (including phenoxy) is 1. The molecule has 0 aromatic heterocycles. The van der Waals surface area contributed by atoms with Crippen molar-refractivity contribution < 1.29 is 22.1 Å². The third-order valence-electron chi connectivity index (χ3n) is 3.81. The quantitative estimate of drug-likeness (QED) is 0.495. The van der Waals surface area contributed by atoms with Crippen molar-refractivity contribution >= 4 is 16.1 Å². The van der Waals surface area contributed by atoms with Gasteiger partial charge in [0.05, 0.1) is 19.3 Å². The van der Waals surface area contributed by atoms with Crippen LogP contribution in [0.2, 0.25) is 0 Å². The lowest BCUT2D eigenvalue weighted by Gasteiger charge is -2.18. The predicted octanol–water partition coefficient (Wildman–Crippen LogP) is 2.68. The van der Waals surface area contributed by atoms with Crippen LogP contribution >= 0.6 is 0 Å². The monoisotopic (exact) mass is 391 g/mol. The Morgan fingerprint density at radius 3 is 2.30 bits per heavy atom. The summed E-state index contributed by atoms with van der Waals surface area (Å²) in [6.07, 6.45) is 1.86. The van der Waals surface area contributed by atoms with Crippen molar-refractivity contribution in [1.82, 2.24) is 5.32 Å². The lowest BCUT2D eigenvalue weighted by atomic mass is 10.0. The van der Waals surface area contributed by atoms with Crippen LogP contribution in [-0.2, 0) is 32.6 Å². The minimum absolute atomic E-state index is 0.106. The van der Waals surface area contributed by atoms with Crippen LogP contribution in [0.15, 0.2) is 54.6 Å². The molecule has 0 fully saturated rings. The van der Waals surface area contributed by atoms with E-state index in [4.69, 9.17) is 8.92 Å². The van der Waals surface area contributed by atoms with E-state index >= 15 is 0 Å². The van der Waals surface area contributed by atoms with Gasteiger partial charge < -0.3 is 14.2 Å². The summed E-state index contributed by atoms with van der Waals surface area (Å²) in [4.78, 5) is 11.9. The van der Waals surface area contributed by atoms with Crippen LogP contribution < -0.4 is 9.50 Å². The molecule has 2 aromatic rings.